The summed E-state index contributed by atoms with van der Waals surface area (Å²) in [5.74, 6) is -2.03. The molecular formula is C16H15FO3. The molecule has 0 spiro atoms. The summed E-state index contributed by atoms with van der Waals surface area (Å²) in [6.45, 7) is 0.274. The molecular weight excluding hydrogens is 259 g/mol. The largest absolute Gasteiger partial charge is 0.490 e. The molecule has 0 aromatic heterocycles. The minimum Gasteiger partial charge on any atom is -0.490 e. The number of aryl methyl sites for hydroxylation is 1. The SMILES string of the molecule is O=C(O)c1cccc(F)c1OCCCc1ccccc1. The molecule has 0 fully saturated rings. The molecule has 0 unspecified atom stereocenters. The molecule has 20 heavy (non-hydrogen) atoms. The first-order chi connectivity index (χ1) is 9.68. The topological polar surface area (TPSA) is 46.5 Å². The monoisotopic (exact) mass is 274 g/mol. The number of benzene rings is 2. The Morgan fingerprint density at radius 2 is 1.85 bits per heavy atom. The van der Waals surface area contributed by atoms with E-state index in [4.69, 9.17) is 9.84 Å². The summed E-state index contributed by atoms with van der Waals surface area (Å²) in [6.07, 6.45) is 1.50. The summed E-state index contributed by atoms with van der Waals surface area (Å²) in [7, 11) is 0. The molecule has 0 aliphatic rings. The molecule has 0 saturated heterocycles. The zero-order valence-corrected chi connectivity index (χ0v) is 10.9. The van der Waals surface area contributed by atoms with E-state index in [0.717, 1.165) is 6.42 Å². The molecule has 3 nitrogen and oxygen atoms in total. The van der Waals surface area contributed by atoms with Crippen LogP contribution in [0, 0.1) is 5.82 Å². The standard InChI is InChI=1S/C16H15FO3/c17-14-10-4-9-13(16(18)19)15(14)20-11-5-8-12-6-2-1-3-7-12/h1-4,6-7,9-10H,5,8,11H2,(H,18,19). The lowest BCUT2D eigenvalue weighted by Gasteiger charge is -2.10. The molecule has 2 aromatic carbocycles. The Bertz CT molecular complexity index is 582. The van der Waals surface area contributed by atoms with Crippen LogP contribution in [-0.2, 0) is 6.42 Å². The highest BCUT2D eigenvalue weighted by atomic mass is 19.1. The lowest BCUT2D eigenvalue weighted by Crippen LogP contribution is -2.07. The second-order valence-corrected chi connectivity index (χ2v) is 4.36. The number of ether oxygens (including phenoxy) is 1. The molecule has 0 amide bonds. The first kappa shape index (κ1) is 14.1. The first-order valence-corrected chi connectivity index (χ1v) is 6.37. The van der Waals surface area contributed by atoms with Gasteiger partial charge in [0.05, 0.1) is 6.61 Å². The van der Waals surface area contributed by atoms with Crippen molar-refractivity contribution in [1.29, 1.82) is 0 Å². The van der Waals surface area contributed by atoms with Crippen molar-refractivity contribution in [3.05, 3.63) is 65.5 Å². The summed E-state index contributed by atoms with van der Waals surface area (Å²) in [5, 5.41) is 8.98. The number of carboxylic acids is 1. The molecule has 0 aliphatic heterocycles. The third kappa shape index (κ3) is 3.57. The molecule has 2 aromatic rings. The minimum atomic E-state index is -1.19. The third-order valence-electron chi connectivity index (χ3n) is 2.90. The van der Waals surface area contributed by atoms with Gasteiger partial charge in [-0.1, -0.05) is 36.4 Å². The van der Waals surface area contributed by atoms with Gasteiger partial charge in [-0.2, -0.15) is 0 Å². The van der Waals surface area contributed by atoms with E-state index in [0.29, 0.717) is 6.42 Å². The highest BCUT2D eigenvalue weighted by Crippen LogP contribution is 2.23. The Morgan fingerprint density at radius 3 is 2.55 bits per heavy atom. The molecule has 104 valence electrons. The van der Waals surface area contributed by atoms with Gasteiger partial charge in [0, 0.05) is 0 Å². The van der Waals surface area contributed by atoms with E-state index in [1.807, 2.05) is 30.3 Å². The molecule has 0 heterocycles. The predicted octanol–water partition coefficient (Wildman–Crippen LogP) is 3.54. The van der Waals surface area contributed by atoms with Crippen LogP contribution in [0.15, 0.2) is 48.5 Å². The normalized spacial score (nSPS) is 10.2. The number of halogens is 1. The van der Waals surface area contributed by atoms with E-state index in [1.54, 1.807) is 0 Å². The van der Waals surface area contributed by atoms with Crippen molar-refractivity contribution >= 4 is 5.97 Å². The van der Waals surface area contributed by atoms with Crippen LogP contribution >= 0.6 is 0 Å². The second-order valence-electron chi connectivity index (χ2n) is 4.36. The fourth-order valence-electron chi connectivity index (χ4n) is 1.92. The van der Waals surface area contributed by atoms with Crippen LogP contribution in [0.5, 0.6) is 5.75 Å². The molecule has 0 aliphatic carbocycles. The van der Waals surface area contributed by atoms with Crippen molar-refractivity contribution in [3.8, 4) is 5.75 Å². The second kappa shape index (κ2) is 6.70. The number of carboxylic acid groups (broad SMARTS) is 1. The Labute approximate surface area is 116 Å². The van der Waals surface area contributed by atoms with E-state index in [1.165, 1.54) is 23.8 Å². The Balaban J connectivity index is 1.93. The molecule has 0 bridgehead atoms. The van der Waals surface area contributed by atoms with Gasteiger partial charge in [-0.15, -0.1) is 0 Å². The molecule has 0 radical (unpaired) electrons. The fourth-order valence-corrected chi connectivity index (χ4v) is 1.92. The number of hydrogen-bond acceptors (Lipinski definition) is 2. The van der Waals surface area contributed by atoms with Crippen molar-refractivity contribution in [1.82, 2.24) is 0 Å². The van der Waals surface area contributed by atoms with Gasteiger partial charge in [0.15, 0.2) is 11.6 Å². The average Bonchev–Trinajstić information content (AvgIpc) is 2.45. The van der Waals surface area contributed by atoms with Gasteiger partial charge in [0.25, 0.3) is 0 Å². The molecule has 4 heteroatoms. The highest BCUT2D eigenvalue weighted by Gasteiger charge is 2.15. The van der Waals surface area contributed by atoms with E-state index >= 15 is 0 Å². The first-order valence-electron chi connectivity index (χ1n) is 6.37. The van der Waals surface area contributed by atoms with Gasteiger partial charge in [-0.25, -0.2) is 9.18 Å². The Hall–Kier alpha value is -2.36. The number of para-hydroxylation sites is 1. The smallest absolute Gasteiger partial charge is 0.339 e. The van der Waals surface area contributed by atoms with Gasteiger partial charge in [0.1, 0.15) is 5.56 Å². The van der Waals surface area contributed by atoms with Crippen LogP contribution in [0.4, 0.5) is 4.39 Å². The van der Waals surface area contributed by atoms with Crippen molar-refractivity contribution in [2.75, 3.05) is 6.61 Å². The van der Waals surface area contributed by atoms with Gasteiger partial charge in [-0.05, 0) is 30.5 Å². The maximum absolute atomic E-state index is 13.6. The minimum absolute atomic E-state index is 0.148. The summed E-state index contributed by atoms with van der Waals surface area (Å²) in [5.41, 5.74) is 1.02. The van der Waals surface area contributed by atoms with Crippen LogP contribution in [0.3, 0.4) is 0 Å². The van der Waals surface area contributed by atoms with E-state index < -0.39 is 11.8 Å². The maximum atomic E-state index is 13.6. The lowest BCUT2D eigenvalue weighted by molar-refractivity contribution is 0.0691. The maximum Gasteiger partial charge on any atom is 0.339 e. The Morgan fingerprint density at radius 1 is 1.10 bits per heavy atom. The fraction of sp³-hybridized carbons (Fsp3) is 0.188. The van der Waals surface area contributed by atoms with Gasteiger partial charge in [0.2, 0.25) is 0 Å². The van der Waals surface area contributed by atoms with E-state index in [-0.39, 0.29) is 17.9 Å². The number of carbonyl (C=O) groups is 1. The van der Waals surface area contributed by atoms with Crippen LogP contribution in [0.1, 0.15) is 22.3 Å². The summed E-state index contributed by atoms with van der Waals surface area (Å²) >= 11 is 0. The van der Waals surface area contributed by atoms with Crippen LogP contribution < -0.4 is 4.74 Å². The van der Waals surface area contributed by atoms with Gasteiger partial charge in [-0.3, -0.25) is 0 Å². The Kier molecular flexibility index (Phi) is 4.71. The van der Waals surface area contributed by atoms with Crippen LogP contribution in [0.2, 0.25) is 0 Å². The van der Waals surface area contributed by atoms with Crippen LogP contribution in [-0.4, -0.2) is 17.7 Å². The van der Waals surface area contributed by atoms with Crippen LogP contribution in [0.25, 0.3) is 0 Å². The number of hydrogen-bond donors (Lipinski definition) is 1. The summed E-state index contributed by atoms with van der Waals surface area (Å²) < 4.78 is 18.9. The average molecular weight is 274 g/mol. The van der Waals surface area contributed by atoms with Crippen molar-refractivity contribution in [3.63, 3.8) is 0 Å². The molecule has 0 atom stereocenters. The van der Waals surface area contributed by atoms with Gasteiger partial charge < -0.3 is 9.84 Å². The summed E-state index contributed by atoms with van der Waals surface area (Å²) in [6, 6.07) is 13.7. The lowest BCUT2D eigenvalue weighted by atomic mass is 10.1. The van der Waals surface area contributed by atoms with Crippen molar-refractivity contribution in [2.45, 2.75) is 12.8 Å². The van der Waals surface area contributed by atoms with Crippen molar-refractivity contribution < 1.29 is 19.0 Å². The number of rotatable bonds is 6. The molecule has 0 saturated carbocycles. The molecule has 1 N–H and O–H groups in total. The van der Waals surface area contributed by atoms with Gasteiger partial charge >= 0.3 is 5.97 Å². The van der Waals surface area contributed by atoms with E-state index in [2.05, 4.69) is 0 Å². The zero-order valence-electron chi connectivity index (χ0n) is 10.9. The highest BCUT2D eigenvalue weighted by molar-refractivity contribution is 5.90. The number of aromatic carboxylic acids is 1. The van der Waals surface area contributed by atoms with Crippen molar-refractivity contribution in [2.24, 2.45) is 0 Å². The molecule has 2 rings (SSSR count). The van der Waals surface area contributed by atoms with E-state index in [9.17, 15) is 9.18 Å². The predicted molar refractivity (Wildman–Crippen MR) is 73.6 cm³/mol. The zero-order chi connectivity index (χ0) is 14.4. The quantitative estimate of drug-likeness (QED) is 0.820. The summed E-state index contributed by atoms with van der Waals surface area (Å²) in [4.78, 5) is 11.0. The third-order valence-corrected chi connectivity index (χ3v) is 2.90.